The van der Waals surface area contributed by atoms with Crippen molar-refractivity contribution in [3.05, 3.63) is 58.1 Å². The topological polar surface area (TPSA) is 49.4 Å². The van der Waals surface area contributed by atoms with Gasteiger partial charge in [0.25, 0.3) is 0 Å². The van der Waals surface area contributed by atoms with Gasteiger partial charge >= 0.3 is 0 Å². The summed E-state index contributed by atoms with van der Waals surface area (Å²) in [4.78, 5) is 25.4. The van der Waals surface area contributed by atoms with Gasteiger partial charge in [-0.05, 0) is 37.3 Å². The van der Waals surface area contributed by atoms with E-state index in [1.807, 2.05) is 31.2 Å². The number of nitrogens with zero attached hydrogens (tertiary/aromatic N) is 1. The van der Waals surface area contributed by atoms with E-state index in [1.165, 1.54) is 11.8 Å². The van der Waals surface area contributed by atoms with Crippen LogP contribution in [0.5, 0.6) is 0 Å². The molecule has 0 heterocycles. The first kappa shape index (κ1) is 17.3. The normalized spacial score (nSPS) is 10.3. The van der Waals surface area contributed by atoms with Crippen LogP contribution in [0.2, 0.25) is 10.0 Å². The molecule has 2 rings (SSSR count). The Hall–Kier alpha value is -2.04. The summed E-state index contributed by atoms with van der Waals surface area (Å²) in [6, 6.07) is 12.2. The van der Waals surface area contributed by atoms with E-state index in [4.69, 9.17) is 23.2 Å². The first-order chi connectivity index (χ1) is 10.8. The maximum atomic E-state index is 12.2. The van der Waals surface area contributed by atoms with E-state index in [0.29, 0.717) is 21.4 Å². The van der Waals surface area contributed by atoms with Gasteiger partial charge in [0.1, 0.15) is 6.54 Å². The summed E-state index contributed by atoms with van der Waals surface area (Å²) in [5.74, 6) is -0.581. The van der Waals surface area contributed by atoms with Gasteiger partial charge in [-0.2, -0.15) is 0 Å². The molecule has 0 atom stereocenters. The lowest BCUT2D eigenvalue weighted by Gasteiger charge is -2.21. The predicted octanol–water partition coefficient (Wildman–Crippen LogP) is 4.29. The van der Waals surface area contributed by atoms with Crippen molar-refractivity contribution < 1.29 is 9.59 Å². The van der Waals surface area contributed by atoms with Crippen molar-refractivity contribution in [2.24, 2.45) is 0 Å². The predicted molar refractivity (Wildman–Crippen MR) is 94.3 cm³/mol. The molecule has 0 unspecified atom stereocenters. The molecular weight excluding hydrogens is 335 g/mol. The van der Waals surface area contributed by atoms with E-state index in [1.54, 1.807) is 18.2 Å². The van der Waals surface area contributed by atoms with Crippen LogP contribution in [-0.4, -0.2) is 18.4 Å². The van der Waals surface area contributed by atoms with Crippen LogP contribution in [0.25, 0.3) is 0 Å². The van der Waals surface area contributed by atoms with Gasteiger partial charge in [0.15, 0.2) is 0 Å². The Morgan fingerprint density at radius 2 is 1.61 bits per heavy atom. The molecule has 23 heavy (non-hydrogen) atoms. The van der Waals surface area contributed by atoms with Crippen molar-refractivity contribution in [1.29, 1.82) is 0 Å². The minimum atomic E-state index is -0.305. The monoisotopic (exact) mass is 350 g/mol. The second kappa shape index (κ2) is 7.49. The maximum absolute atomic E-state index is 12.2. The molecule has 1 N–H and O–H groups in total. The van der Waals surface area contributed by atoms with Gasteiger partial charge in [-0.1, -0.05) is 40.9 Å². The summed E-state index contributed by atoms with van der Waals surface area (Å²) in [6.45, 7) is 3.22. The Labute approximate surface area is 145 Å². The number of hydrogen-bond donors (Lipinski definition) is 1. The molecule has 6 heteroatoms. The second-order valence-electron chi connectivity index (χ2n) is 5.15. The van der Waals surface area contributed by atoms with Gasteiger partial charge in [-0.25, -0.2) is 0 Å². The molecule has 2 amide bonds. The van der Waals surface area contributed by atoms with Crippen LogP contribution in [0.1, 0.15) is 12.5 Å². The first-order valence-corrected chi connectivity index (χ1v) is 7.71. The van der Waals surface area contributed by atoms with Crippen LogP contribution >= 0.6 is 23.2 Å². The minimum Gasteiger partial charge on any atom is -0.325 e. The molecule has 4 nitrogen and oxygen atoms in total. The maximum Gasteiger partial charge on any atom is 0.244 e. The largest absolute Gasteiger partial charge is 0.325 e. The Kier molecular flexibility index (Phi) is 5.64. The number of rotatable bonds is 4. The third-order valence-electron chi connectivity index (χ3n) is 3.18. The lowest BCUT2D eigenvalue weighted by atomic mass is 10.2. The lowest BCUT2D eigenvalue weighted by Crippen LogP contribution is -2.36. The summed E-state index contributed by atoms with van der Waals surface area (Å²) in [6.07, 6.45) is 0. The van der Waals surface area contributed by atoms with Crippen LogP contribution in [0, 0.1) is 6.92 Å². The van der Waals surface area contributed by atoms with E-state index in [9.17, 15) is 9.59 Å². The highest BCUT2D eigenvalue weighted by molar-refractivity contribution is 6.35. The summed E-state index contributed by atoms with van der Waals surface area (Å²) >= 11 is 11.9. The number of carbonyl (C=O) groups is 2. The third kappa shape index (κ3) is 4.98. The molecule has 2 aromatic rings. The zero-order valence-electron chi connectivity index (χ0n) is 12.8. The molecule has 0 radical (unpaired) electrons. The van der Waals surface area contributed by atoms with E-state index in [2.05, 4.69) is 5.32 Å². The molecule has 0 aliphatic carbocycles. The average molecular weight is 351 g/mol. The second-order valence-corrected chi connectivity index (χ2v) is 6.02. The highest BCUT2D eigenvalue weighted by Gasteiger charge is 2.17. The summed E-state index contributed by atoms with van der Waals surface area (Å²) in [5.41, 5.74) is 2.25. The molecule has 0 spiro atoms. The number of aryl methyl sites for hydroxylation is 1. The van der Waals surface area contributed by atoms with Gasteiger partial charge in [0, 0.05) is 28.3 Å². The number of benzene rings is 2. The van der Waals surface area contributed by atoms with Gasteiger partial charge in [-0.15, -0.1) is 0 Å². The lowest BCUT2D eigenvalue weighted by molar-refractivity contribution is -0.120. The molecule has 0 aromatic heterocycles. The Balaban J connectivity index is 2.14. The molecule has 2 aromatic carbocycles. The molecule has 120 valence electrons. The van der Waals surface area contributed by atoms with E-state index >= 15 is 0 Å². The fourth-order valence-electron chi connectivity index (χ4n) is 2.06. The highest BCUT2D eigenvalue weighted by atomic mass is 35.5. The summed E-state index contributed by atoms with van der Waals surface area (Å²) < 4.78 is 0. The Morgan fingerprint density at radius 1 is 1.04 bits per heavy atom. The zero-order chi connectivity index (χ0) is 17.0. The molecule has 0 aliphatic rings. The van der Waals surface area contributed by atoms with E-state index in [0.717, 1.165) is 5.56 Å². The number of amides is 2. The van der Waals surface area contributed by atoms with Gasteiger partial charge in [0.05, 0.1) is 0 Å². The molecular formula is C17H16Cl2N2O2. The summed E-state index contributed by atoms with van der Waals surface area (Å²) in [7, 11) is 0. The number of carbonyl (C=O) groups excluding carboxylic acids is 2. The van der Waals surface area contributed by atoms with Crippen molar-refractivity contribution >= 4 is 46.4 Å². The Bertz CT molecular complexity index is 710. The first-order valence-electron chi connectivity index (χ1n) is 6.96. The van der Waals surface area contributed by atoms with Gasteiger partial charge < -0.3 is 10.2 Å². The molecule has 0 bridgehead atoms. The van der Waals surface area contributed by atoms with Gasteiger partial charge in [0.2, 0.25) is 11.8 Å². The number of hydrogen-bond acceptors (Lipinski definition) is 2. The number of anilines is 2. The SMILES string of the molecule is CC(=O)N(CC(=O)Nc1ccc(C)cc1)c1cc(Cl)cc(Cl)c1. The van der Waals surface area contributed by atoms with E-state index in [-0.39, 0.29) is 18.4 Å². The average Bonchev–Trinajstić information content (AvgIpc) is 2.46. The van der Waals surface area contributed by atoms with Crippen molar-refractivity contribution in [1.82, 2.24) is 0 Å². The fourth-order valence-corrected chi connectivity index (χ4v) is 2.58. The Morgan fingerprint density at radius 3 is 2.13 bits per heavy atom. The van der Waals surface area contributed by atoms with Crippen molar-refractivity contribution in [2.45, 2.75) is 13.8 Å². The van der Waals surface area contributed by atoms with Crippen molar-refractivity contribution in [3.63, 3.8) is 0 Å². The van der Waals surface area contributed by atoms with Crippen LogP contribution < -0.4 is 10.2 Å². The smallest absolute Gasteiger partial charge is 0.244 e. The van der Waals surface area contributed by atoms with Crippen molar-refractivity contribution in [2.75, 3.05) is 16.8 Å². The van der Waals surface area contributed by atoms with E-state index < -0.39 is 0 Å². The quantitative estimate of drug-likeness (QED) is 0.893. The number of halogens is 2. The molecule has 0 aliphatic heterocycles. The zero-order valence-corrected chi connectivity index (χ0v) is 14.3. The van der Waals surface area contributed by atoms with Crippen molar-refractivity contribution in [3.8, 4) is 0 Å². The van der Waals surface area contributed by atoms with Crippen LogP contribution in [0.4, 0.5) is 11.4 Å². The molecule has 0 saturated heterocycles. The van der Waals surface area contributed by atoms with Gasteiger partial charge in [-0.3, -0.25) is 9.59 Å². The molecule has 0 saturated carbocycles. The van der Waals surface area contributed by atoms with Crippen LogP contribution in [0.3, 0.4) is 0 Å². The third-order valence-corrected chi connectivity index (χ3v) is 3.61. The summed E-state index contributed by atoms with van der Waals surface area (Å²) in [5, 5.41) is 3.56. The van der Waals surface area contributed by atoms with Crippen LogP contribution in [-0.2, 0) is 9.59 Å². The molecule has 0 fully saturated rings. The minimum absolute atomic E-state index is 0.125. The fraction of sp³-hybridized carbons (Fsp3) is 0.176. The number of nitrogens with one attached hydrogen (secondary N) is 1. The standard InChI is InChI=1S/C17H16Cl2N2O2/c1-11-3-5-15(6-4-11)20-17(23)10-21(12(2)22)16-8-13(18)7-14(19)9-16/h3-9H,10H2,1-2H3,(H,20,23). The highest BCUT2D eigenvalue weighted by Crippen LogP contribution is 2.25. The van der Waals surface area contributed by atoms with Crippen LogP contribution in [0.15, 0.2) is 42.5 Å².